The molecule has 0 saturated carbocycles. The van der Waals surface area contributed by atoms with Crippen LogP contribution in [0.3, 0.4) is 0 Å². The van der Waals surface area contributed by atoms with Crippen LogP contribution in [0.25, 0.3) is 6.08 Å². The summed E-state index contributed by atoms with van der Waals surface area (Å²) < 4.78 is 0. The molecule has 0 radical (unpaired) electrons. The van der Waals surface area contributed by atoms with Gasteiger partial charge in [-0.2, -0.15) is 0 Å². The van der Waals surface area contributed by atoms with E-state index in [1.54, 1.807) is 6.33 Å². The molecule has 0 saturated heterocycles. The summed E-state index contributed by atoms with van der Waals surface area (Å²) in [5, 5.41) is 0. The molecule has 0 aromatic carbocycles. The number of rotatable bonds is 1. The molecule has 0 aliphatic rings. The minimum atomic E-state index is 0.968. The first-order valence-electron chi connectivity index (χ1n) is 3.24. The second kappa shape index (κ2) is 3.11. The van der Waals surface area contributed by atoms with Crippen LogP contribution in [0.5, 0.6) is 0 Å². The van der Waals surface area contributed by atoms with Crippen LogP contribution in [-0.2, 0) is 0 Å². The van der Waals surface area contributed by atoms with Crippen LogP contribution in [-0.4, -0.2) is 9.97 Å². The molecule has 0 bridgehead atoms. The van der Waals surface area contributed by atoms with Crippen LogP contribution in [0.1, 0.15) is 18.3 Å². The highest BCUT2D eigenvalue weighted by molar-refractivity contribution is 5.43. The summed E-state index contributed by atoms with van der Waals surface area (Å²) in [6.07, 6.45) is 5.49. The predicted molar refractivity (Wildman–Crippen MR) is 41.5 cm³/mol. The zero-order valence-electron chi connectivity index (χ0n) is 6.20. The van der Waals surface area contributed by atoms with E-state index in [9.17, 15) is 0 Å². The van der Waals surface area contributed by atoms with Crippen LogP contribution < -0.4 is 0 Å². The molecule has 0 spiro atoms. The lowest BCUT2D eigenvalue weighted by Gasteiger charge is -1.91. The second-order valence-corrected chi connectivity index (χ2v) is 2.08. The highest BCUT2D eigenvalue weighted by Crippen LogP contribution is 1.97. The molecule has 10 heavy (non-hydrogen) atoms. The zero-order valence-corrected chi connectivity index (χ0v) is 6.20. The Kier molecular flexibility index (Phi) is 2.15. The van der Waals surface area contributed by atoms with Gasteiger partial charge in [-0.15, -0.1) is 0 Å². The lowest BCUT2D eigenvalue weighted by Crippen LogP contribution is -1.85. The molecule has 0 atom stereocenters. The number of nitrogens with zero attached hydrogens (tertiary/aromatic N) is 2. The summed E-state index contributed by atoms with van der Waals surface area (Å²) in [6.45, 7) is 3.92. The first kappa shape index (κ1) is 6.93. The first-order chi connectivity index (χ1) is 4.83. The van der Waals surface area contributed by atoms with E-state index in [0.29, 0.717) is 0 Å². The molecule has 0 fully saturated rings. The van der Waals surface area contributed by atoms with Crippen molar-refractivity contribution < 1.29 is 0 Å². The number of hydrogen-bond acceptors (Lipinski definition) is 2. The Labute approximate surface area is 60.6 Å². The Hall–Kier alpha value is -1.18. The Bertz CT molecular complexity index is 241. The predicted octanol–water partition coefficient (Wildman–Crippen LogP) is 1.82. The van der Waals surface area contributed by atoms with E-state index >= 15 is 0 Å². The van der Waals surface area contributed by atoms with Crippen molar-refractivity contribution in [2.75, 3.05) is 0 Å². The molecular formula is C8H10N2. The largest absolute Gasteiger partial charge is 0.242 e. The van der Waals surface area contributed by atoms with Crippen molar-refractivity contribution in [2.45, 2.75) is 13.8 Å². The van der Waals surface area contributed by atoms with Gasteiger partial charge in [0.15, 0.2) is 0 Å². The summed E-state index contributed by atoms with van der Waals surface area (Å²) in [5.74, 6) is 0. The fourth-order valence-corrected chi connectivity index (χ4v) is 0.737. The van der Waals surface area contributed by atoms with Gasteiger partial charge in [-0.1, -0.05) is 6.08 Å². The van der Waals surface area contributed by atoms with Gasteiger partial charge in [0.05, 0.1) is 5.69 Å². The SMILES string of the molecule is C/C=C/c1cc(C)ncn1. The maximum Gasteiger partial charge on any atom is 0.116 e. The molecule has 1 aromatic heterocycles. The van der Waals surface area contributed by atoms with Crippen molar-refractivity contribution >= 4 is 6.08 Å². The van der Waals surface area contributed by atoms with Gasteiger partial charge < -0.3 is 0 Å². The van der Waals surface area contributed by atoms with Crippen molar-refractivity contribution in [3.8, 4) is 0 Å². The average molecular weight is 134 g/mol. The first-order valence-corrected chi connectivity index (χ1v) is 3.24. The smallest absolute Gasteiger partial charge is 0.116 e. The Morgan fingerprint density at radius 3 is 2.80 bits per heavy atom. The van der Waals surface area contributed by atoms with Gasteiger partial charge in [0, 0.05) is 5.69 Å². The van der Waals surface area contributed by atoms with E-state index in [4.69, 9.17) is 0 Å². The molecule has 1 rings (SSSR count). The van der Waals surface area contributed by atoms with E-state index in [-0.39, 0.29) is 0 Å². The van der Waals surface area contributed by atoms with Gasteiger partial charge in [-0.3, -0.25) is 0 Å². The molecular weight excluding hydrogens is 124 g/mol. The Morgan fingerprint density at radius 2 is 2.20 bits per heavy atom. The molecule has 0 amide bonds. The summed E-state index contributed by atoms with van der Waals surface area (Å²) in [5.41, 5.74) is 1.97. The monoisotopic (exact) mass is 134 g/mol. The third-order valence-electron chi connectivity index (χ3n) is 1.16. The molecule has 0 N–H and O–H groups in total. The molecule has 2 heteroatoms. The average Bonchev–Trinajstić information content (AvgIpc) is 1.88. The topological polar surface area (TPSA) is 25.8 Å². The molecule has 2 nitrogen and oxygen atoms in total. The lowest BCUT2D eigenvalue weighted by atomic mass is 10.3. The van der Waals surface area contributed by atoms with Crippen LogP contribution in [0.15, 0.2) is 18.5 Å². The van der Waals surface area contributed by atoms with Crippen molar-refractivity contribution in [2.24, 2.45) is 0 Å². The van der Waals surface area contributed by atoms with Gasteiger partial charge in [0.25, 0.3) is 0 Å². The quantitative estimate of drug-likeness (QED) is 0.585. The zero-order chi connectivity index (χ0) is 7.40. The molecule has 1 heterocycles. The van der Waals surface area contributed by atoms with E-state index < -0.39 is 0 Å². The van der Waals surface area contributed by atoms with Crippen molar-refractivity contribution in [1.29, 1.82) is 0 Å². The van der Waals surface area contributed by atoms with Crippen LogP contribution in [0.2, 0.25) is 0 Å². The van der Waals surface area contributed by atoms with E-state index in [1.165, 1.54) is 0 Å². The van der Waals surface area contributed by atoms with Crippen LogP contribution in [0.4, 0.5) is 0 Å². The molecule has 1 aromatic rings. The molecule has 0 aliphatic carbocycles. The van der Waals surface area contributed by atoms with Crippen molar-refractivity contribution in [3.63, 3.8) is 0 Å². The maximum atomic E-state index is 4.03. The minimum Gasteiger partial charge on any atom is -0.242 e. The van der Waals surface area contributed by atoms with Crippen LogP contribution in [0, 0.1) is 6.92 Å². The maximum absolute atomic E-state index is 4.03. The van der Waals surface area contributed by atoms with Gasteiger partial charge >= 0.3 is 0 Å². The minimum absolute atomic E-state index is 0.968. The molecule has 52 valence electrons. The fourth-order valence-electron chi connectivity index (χ4n) is 0.737. The second-order valence-electron chi connectivity index (χ2n) is 2.08. The number of hydrogen-bond donors (Lipinski definition) is 0. The van der Waals surface area contributed by atoms with Crippen molar-refractivity contribution in [3.05, 3.63) is 29.9 Å². The van der Waals surface area contributed by atoms with Gasteiger partial charge in [0.1, 0.15) is 6.33 Å². The summed E-state index contributed by atoms with van der Waals surface area (Å²) >= 11 is 0. The standard InChI is InChI=1S/C8H10N2/c1-3-4-8-5-7(2)9-6-10-8/h3-6H,1-2H3/b4-3+. The summed E-state index contributed by atoms with van der Waals surface area (Å²) in [4.78, 5) is 8.01. The van der Waals surface area contributed by atoms with E-state index in [0.717, 1.165) is 11.4 Å². The van der Waals surface area contributed by atoms with Gasteiger partial charge in [0.2, 0.25) is 0 Å². The number of aromatic nitrogens is 2. The molecule has 0 aliphatic heterocycles. The van der Waals surface area contributed by atoms with Gasteiger partial charge in [-0.25, -0.2) is 9.97 Å². The number of aryl methyl sites for hydroxylation is 1. The van der Waals surface area contributed by atoms with Crippen LogP contribution >= 0.6 is 0 Å². The highest BCUT2D eigenvalue weighted by atomic mass is 14.8. The number of allylic oxidation sites excluding steroid dienone is 1. The normalized spacial score (nSPS) is 10.6. The van der Waals surface area contributed by atoms with E-state index in [2.05, 4.69) is 9.97 Å². The summed E-state index contributed by atoms with van der Waals surface area (Å²) in [7, 11) is 0. The lowest BCUT2D eigenvalue weighted by molar-refractivity contribution is 1.09. The Balaban J connectivity index is 2.95. The highest BCUT2D eigenvalue weighted by Gasteiger charge is 1.86. The fraction of sp³-hybridized carbons (Fsp3) is 0.250. The third kappa shape index (κ3) is 1.65. The van der Waals surface area contributed by atoms with Crippen molar-refractivity contribution in [1.82, 2.24) is 9.97 Å². The Morgan fingerprint density at radius 1 is 1.40 bits per heavy atom. The van der Waals surface area contributed by atoms with E-state index in [1.807, 2.05) is 32.1 Å². The third-order valence-corrected chi connectivity index (χ3v) is 1.16. The summed E-state index contributed by atoms with van der Waals surface area (Å²) in [6, 6.07) is 1.94. The molecule has 0 unspecified atom stereocenters. The van der Waals surface area contributed by atoms with Gasteiger partial charge in [-0.05, 0) is 26.0 Å².